The van der Waals surface area contributed by atoms with Crippen LogP contribution >= 0.6 is 15.9 Å². The number of hydrogen-bond acceptors (Lipinski definition) is 3. The molecule has 5 nitrogen and oxygen atoms in total. The van der Waals surface area contributed by atoms with Crippen LogP contribution in [0.3, 0.4) is 0 Å². The topological polar surface area (TPSA) is 83.5 Å². The third-order valence-electron chi connectivity index (χ3n) is 2.93. The van der Waals surface area contributed by atoms with Crippen LogP contribution in [0.5, 0.6) is 0 Å². The summed E-state index contributed by atoms with van der Waals surface area (Å²) in [5.41, 5.74) is -1.73. The number of hydrogen-bond donors (Lipinski definition) is 2. The summed E-state index contributed by atoms with van der Waals surface area (Å²) in [6.07, 6.45) is -4.70. The highest BCUT2D eigenvalue weighted by Crippen LogP contribution is 2.31. The van der Waals surface area contributed by atoms with E-state index in [0.29, 0.717) is 10.5 Å². The predicted octanol–water partition coefficient (Wildman–Crippen LogP) is 3.97. The minimum absolute atomic E-state index is 0.261. The summed E-state index contributed by atoms with van der Waals surface area (Å²) in [5, 5.41) is 9.10. The molecule has 0 unspecified atom stereocenters. The first kappa shape index (κ1) is 18.3. The third-order valence-corrected chi connectivity index (χ3v) is 4.78. The van der Waals surface area contributed by atoms with E-state index in [1.165, 1.54) is 18.2 Å². The molecule has 2 aromatic rings. The van der Waals surface area contributed by atoms with Crippen molar-refractivity contribution in [2.45, 2.75) is 11.1 Å². The first-order chi connectivity index (χ1) is 11.0. The van der Waals surface area contributed by atoms with E-state index in [0.717, 1.165) is 18.2 Å². The number of aromatic carboxylic acids is 1. The summed E-state index contributed by atoms with van der Waals surface area (Å²) >= 11 is 3.05. The van der Waals surface area contributed by atoms with Crippen molar-refractivity contribution < 1.29 is 31.5 Å². The Bertz CT molecular complexity index is 897. The maximum atomic E-state index is 12.7. The molecule has 0 saturated heterocycles. The van der Waals surface area contributed by atoms with Crippen LogP contribution in [0, 0.1) is 0 Å². The zero-order valence-corrected chi connectivity index (χ0v) is 14.0. The van der Waals surface area contributed by atoms with E-state index < -0.39 is 32.6 Å². The number of anilines is 1. The summed E-state index contributed by atoms with van der Waals surface area (Å²) in [5.74, 6) is -1.39. The average Bonchev–Trinajstić information content (AvgIpc) is 2.48. The largest absolute Gasteiger partial charge is 0.478 e. The molecule has 0 amide bonds. The van der Waals surface area contributed by atoms with E-state index in [1.54, 1.807) is 0 Å². The van der Waals surface area contributed by atoms with Crippen LogP contribution in [0.15, 0.2) is 51.8 Å². The number of carboxylic acids is 1. The standard InChI is InChI=1S/C14H9BrF3NO4S/c15-9-4-5-12(11(7-9)13(20)21)19-24(22,23)10-3-1-2-8(6-10)14(16,17)18/h1-7,19H,(H,20,21). The number of carboxylic acid groups (broad SMARTS) is 1. The van der Waals surface area contributed by atoms with Crippen LogP contribution < -0.4 is 4.72 Å². The molecule has 0 aromatic heterocycles. The predicted molar refractivity (Wildman–Crippen MR) is 83.4 cm³/mol. The van der Waals surface area contributed by atoms with Crippen molar-refractivity contribution in [1.82, 2.24) is 0 Å². The zero-order valence-electron chi connectivity index (χ0n) is 11.6. The molecule has 0 saturated carbocycles. The summed E-state index contributed by atoms with van der Waals surface area (Å²) in [6.45, 7) is 0. The van der Waals surface area contributed by atoms with Gasteiger partial charge in [0.15, 0.2) is 0 Å². The SMILES string of the molecule is O=C(O)c1cc(Br)ccc1NS(=O)(=O)c1cccc(C(F)(F)F)c1. The van der Waals surface area contributed by atoms with Gasteiger partial charge in [0.05, 0.1) is 21.7 Å². The molecule has 2 aromatic carbocycles. The molecule has 2 rings (SSSR count). The molecule has 0 aliphatic heterocycles. The molecule has 2 N–H and O–H groups in total. The lowest BCUT2D eigenvalue weighted by Gasteiger charge is -2.12. The lowest BCUT2D eigenvalue weighted by atomic mass is 10.2. The van der Waals surface area contributed by atoms with Crippen molar-refractivity contribution in [3.63, 3.8) is 0 Å². The molecule has 0 aliphatic carbocycles. The van der Waals surface area contributed by atoms with E-state index in [-0.39, 0.29) is 11.3 Å². The van der Waals surface area contributed by atoms with Gasteiger partial charge in [-0.3, -0.25) is 4.72 Å². The molecule has 0 bridgehead atoms. The first-order valence-electron chi connectivity index (χ1n) is 6.23. The van der Waals surface area contributed by atoms with Gasteiger partial charge in [0.25, 0.3) is 10.0 Å². The second-order valence-electron chi connectivity index (χ2n) is 4.63. The smallest absolute Gasteiger partial charge is 0.416 e. The average molecular weight is 424 g/mol. The Balaban J connectivity index is 2.45. The highest BCUT2D eigenvalue weighted by atomic mass is 79.9. The van der Waals surface area contributed by atoms with Crippen molar-refractivity contribution >= 4 is 37.6 Å². The van der Waals surface area contributed by atoms with E-state index in [2.05, 4.69) is 15.9 Å². The lowest BCUT2D eigenvalue weighted by molar-refractivity contribution is -0.137. The van der Waals surface area contributed by atoms with Crippen LogP contribution in [0.25, 0.3) is 0 Å². The third kappa shape index (κ3) is 4.06. The van der Waals surface area contributed by atoms with Gasteiger partial charge >= 0.3 is 12.1 Å². The van der Waals surface area contributed by atoms with Crippen molar-refractivity contribution in [2.75, 3.05) is 4.72 Å². The molecule has 0 spiro atoms. The van der Waals surface area contributed by atoms with E-state index in [4.69, 9.17) is 5.11 Å². The molecule has 0 fully saturated rings. The summed E-state index contributed by atoms with van der Waals surface area (Å²) < 4.78 is 65.0. The van der Waals surface area contributed by atoms with Gasteiger partial charge in [-0.2, -0.15) is 13.2 Å². The van der Waals surface area contributed by atoms with Crippen molar-refractivity contribution in [3.05, 3.63) is 58.1 Å². The van der Waals surface area contributed by atoms with Crippen LogP contribution in [0.4, 0.5) is 18.9 Å². The number of sulfonamides is 1. The summed E-state index contributed by atoms with van der Waals surface area (Å²) in [6, 6.07) is 6.92. The Labute approximate surface area is 143 Å². The second-order valence-corrected chi connectivity index (χ2v) is 7.22. The fourth-order valence-corrected chi connectivity index (χ4v) is 3.31. The number of nitrogens with one attached hydrogen (secondary N) is 1. The van der Waals surface area contributed by atoms with Crippen LogP contribution in [-0.2, 0) is 16.2 Å². The molecule has 0 heterocycles. The van der Waals surface area contributed by atoms with Gasteiger partial charge in [0.1, 0.15) is 0 Å². The fraction of sp³-hybridized carbons (Fsp3) is 0.0714. The van der Waals surface area contributed by atoms with Gasteiger partial charge in [-0.15, -0.1) is 0 Å². The van der Waals surface area contributed by atoms with Crippen LogP contribution in [0.2, 0.25) is 0 Å². The van der Waals surface area contributed by atoms with Crippen molar-refractivity contribution in [3.8, 4) is 0 Å². The van der Waals surface area contributed by atoms with Gasteiger partial charge in [-0.1, -0.05) is 22.0 Å². The molecule has 128 valence electrons. The summed E-state index contributed by atoms with van der Waals surface area (Å²) in [4.78, 5) is 10.5. The lowest BCUT2D eigenvalue weighted by Crippen LogP contribution is -2.16. The van der Waals surface area contributed by atoms with Crippen molar-refractivity contribution in [2.24, 2.45) is 0 Å². The Hall–Kier alpha value is -2.07. The van der Waals surface area contributed by atoms with Crippen LogP contribution in [-0.4, -0.2) is 19.5 Å². The monoisotopic (exact) mass is 423 g/mol. The molecule has 10 heteroatoms. The minimum atomic E-state index is -4.70. The van der Waals surface area contributed by atoms with Gasteiger partial charge < -0.3 is 5.11 Å². The summed E-state index contributed by atoms with van der Waals surface area (Å²) in [7, 11) is -4.39. The molecular weight excluding hydrogens is 415 g/mol. The maximum absolute atomic E-state index is 12.7. The molecule has 0 radical (unpaired) electrons. The Morgan fingerprint density at radius 2 is 1.79 bits per heavy atom. The highest BCUT2D eigenvalue weighted by Gasteiger charge is 2.31. The molecule has 0 aliphatic rings. The number of rotatable bonds is 4. The van der Waals surface area contributed by atoms with E-state index in [1.807, 2.05) is 4.72 Å². The van der Waals surface area contributed by atoms with E-state index >= 15 is 0 Å². The quantitative estimate of drug-likeness (QED) is 0.779. The Morgan fingerprint density at radius 3 is 2.38 bits per heavy atom. The first-order valence-corrected chi connectivity index (χ1v) is 8.51. The van der Waals surface area contributed by atoms with E-state index in [9.17, 15) is 26.4 Å². The number of carbonyl (C=O) groups is 1. The van der Waals surface area contributed by atoms with Gasteiger partial charge in [0, 0.05) is 4.47 Å². The second kappa shape index (κ2) is 6.44. The van der Waals surface area contributed by atoms with Gasteiger partial charge in [-0.25, -0.2) is 13.2 Å². The fourth-order valence-electron chi connectivity index (χ4n) is 1.83. The zero-order chi connectivity index (χ0) is 18.1. The van der Waals surface area contributed by atoms with Gasteiger partial charge in [0.2, 0.25) is 0 Å². The highest BCUT2D eigenvalue weighted by molar-refractivity contribution is 9.10. The number of benzene rings is 2. The normalized spacial score (nSPS) is 12.0. The number of halogens is 4. The number of alkyl halides is 3. The molecule has 24 heavy (non-hydrogen) atoms. The van der Waals surface area contributed by atoms with Crippen molar-refractivity contribution in [1.29, 1.82) is 0 Å². The Kier molecular flexibility index (Phi) is 4.90. The molecular formula is C14H9BrF3NO4S. The Morgan fingerprint density at radius 1 is 1.12 bits per heavy atom. The van der Waals surface area contributed by atoms with Crippen LogP contribution in [0.1, 0.15) is 15.9 Å². The minimum Gasteiger partial charge on any atom is -0.478 e. The van der Waals surface area contributed by atoms with Gasteiger partial charge in [-0.05, 0) is 36.4 Å². The molecule has 0 atom stereocenters. The maximum Gasteiger partial charge on any atom is 0.416 e.